The molecule has 0 saturated carbocycles. The number of anilines is 1. The quantitative estimate of drug-likeness (QED) is 0.469. The minimum Gasteiger partial charge on any atom is -0.398 e. The summed E-state index contributed by atoms with van der Waals surface area (Å²) in [5.41, 5.74) is 9.73. The number of halogens is 1. The highest BCUT2D eigenvalue weighted by Crippen LogP contribution is 2.34. The third-order valence-corrected chi connectivity index (χ3v) is 2.88. The van der Waals surface area contributed by atoms with E-state index in [-0.39, 0.29) is 0 Å². The number of benzene rings is 1. The van der Waals surface area contributed by atoms with Gasteiger partial charge < -0.3 is 11.1 Å². The molecule has 1 aromatic carbocycles. The van der Waals surface area contributed by atoms with Gasteiger partial charge in [0, 0.05) is 23.0 Å². The Hall–Kier alpha value is -1.80. The molecule has 0 radical (unpaired) electrons. The van der Waals surface area contributed by atoms with Crippen molar-refractivity contribution in [2.75, 3.05) is 5.73 Å². The minimum absolute atomic E-state index is 0.510. The molecule has 94 valence electrons. The van der Waals surface area contributed by atoms with Gasteiger partial charge in [0.15, 0.2) is 0 Å². The Morgan fingerprint density at radius 3 is 2.61 bits per heavy atom. The van der Waals surface area contributed by atoms with Crippen molar-refractivity contribution >= 4 is 29.1 Å². The molecule has 0 heterocycles. The molecule has 0 bridgehead atoms. The first-order valence-electron chi connectivity index (χ1n) is 5.60. The van der Waals surface area contributed by atoms with Crippen LogP contribution in [0, 0.1) is 5.41 Å². The van der Waals surface area contributed by atoms with Gasteiger partial charge in [-0.15, -0.1) is 0 Å². The molecule has 0 aliphatic carbocycles. The second-order valence-corrected chi connectivity index (χ2v) is 4.36. The Bertz CT molecular complexity index is 540. The Morgan fingerprint density at radius 2 is 2.11 bits per heavy atom. The van der Waals surface area contributed by atoms with Gasteiger partial charge in [-0.25, -0.2) is 0 Å². The van der Waals surface area contributed by atoms with Crippen molar-refractivity contribution in [3.8, 4) is 0 Å². The van der Waals surface area contributed by atoms with Gasteiger partial charge in [-0.2, -0.15) is 0 Å². The zero-order chi connectivity index (χ0) is 13.7. The second kappa shape index (κ2) is 6.22. The van der Waals surface area contributed by atoms with Crippen molar-refractivity contribution in [2.24, 2.45) is 0 Å². The largest absolute Gasteiger partial charge is 0.398 e. The monoisotopic (exact) mass is 260 g/mol. The molecule has 0 saturated heterocycles. The molecule has 0 unspecified atom stereocenters. The van der Waals surface area contributed by atoms with Crippen LogP contribution in [0.4, 0.5) is 5.69 Å². The Balaban J connectivity index is 3.55. The summed E-state index contributed by atoms with van der Waals surface area (Å²) in [7, 11) is 0. The van der Waals surface area contributed by atoms with Gasteiger partial charge in [-0.1, -0.05) is 42.0 Å². The predicted octanol–water partition coefficient (Wildman–Crippen LogP) is 4.46. The molecular weight excluding hydrogens is 244 g/mol. The van der Waals surface area contributed by atoms with Crippen molar-refractivity contribution < 1.29 is 0 Å². The molecule has 0 aliphatic heterocycles. The van der Waals surface area contributed by atoms with Crippen molar-refractivity contribution in [2.45, 2.75) is 13.8 Å². The fourth-order valence-corrected chi connectivity index (χ4v) is 1.91. The molecule has 3 N–H and O–H groups in total. The lowest BCUT2D eigenvalue weighted by Gasteiger charge is -2.14. The van der Waals surface area contributed by atoms with Crippen LogP contribution in [0.5, 0.6) is 0 Å². The normalized spacial score (nSPS) is 11.8. The van der Waals surface area contributed by atoms with E-state index in [1.165, 1.54) is 6.21 Å². The average Bonchev–Trinajstić information content (AvgIpc) is 2.33. The van der Waals surface area contributed by atoms with E-state index in [2.05, 4.69) is 6.58 Å². The van der Waals surface area contributed by atoms with E-state index in [1.807, 2.05) is 32.1 Å². The maximum absolute atomic E-state index is 7.33. The second-order valence-electron chi connectivity index (χ2n) is 3.96. The molecule has 0 aliphatic rings. The van der Waals surface area contributed by atoms with Gasteiger partial charge in [-0.3, -0.25) is 0 Å². The maximum Gasteiger partial charge on any atom is 0.0505 e. The summed E-state index contributed by atoms with van der Waals surface area (Å²) in [6.45, 7) is 7.79. The number of nitrogens with one attached hydrogen (secondary N) is 1. The summed E-state index contributed by atoms with van der Waals surface area (Å²) >= 11 is 6.22. The van der Waals surface area contributed by atoms with E-state index in [1.54, 1.807) is 12.1 Å². The van der Waals surface area contributed by atoms with Crippen LogP contribution in [0.15, 0.2) is 42.5 Å². The van der Waals surface area contributed by atoms with Crippen LogP contribution < -0.4 is 5.73 Å². The number of nitrogen functional groups attached to an aromatic ring is 1. The van der Waals surface area contributed by atoms with Crippen molar-refractivity contribution in [3.05, 3.63) is 58.7 Å². The first-order valence-corrected chi connectivity index (χ1v) is 5.98. The summed E-state index contributed by atoms with van der Waals surface area (Å²) in [5, 5.41) is 7.90. The highest BCUT2D eigenvalue weighted by Gasteiger charge is 2.13. The van der Waals surface area contributed by atoms with Crippen LogP contribution in [0.2, 0.25) is 5.02 Å². The predicted molar refractivity (Wildman–Crippen MR) is 81.4 cm³/mol. The summed E-state index contributed by atoms with van der Waals surface area (Å²) in [5.74, 6) is 0. The third kappa shape index (κ3) is 2.90. The smallest absolute Gasteiger partial charge is 0.0505 e. The van der Waals surface area contributed by atoms with E-state index in [0.29, 0.717) is 16.3 Å². The molecule has 0 atom stereocenters. The minimum atomic E-state index is 0.510. The number of hydrogen-bond donors (Lipinski definition) is 2. The first-order chi connectivity index (χ1) is 8.52. The number of allylic oxidation sites excluding steroid dienone is 5. The van der Waals surface area contributed by atoms with Gasteiger partial charge in [0.2, 0.25) is 0 Å². The van der Waals surface area contributed by atoms with Crippen LogP contribution in [-0.2, 0) is 0 Å². The van der Waals surface area contributed by atoms with Gasteiger partial charge >= 0.3 is 0 Å². The molecule has 1 aromatic rings. The molecule has 0 spiro atoms. The number of hydrogen-bond acceptors (Lipinski definition) is 2. The standard InChI is InChI=1S/C15H17ClN2/c1-4-5-6-12(10(2)3)14-13(16)8-7-11(9-17)15(14)18/h4-9,17H,2,18H2,1,3H3/b5-4-,12-6+,17-9?. The number of rotatable bonds is 4. The van der Waals surface area contributed by atoms with Crippen LogP contribution in [0.3, 0.4) is 0 Å². The molecular formula is C15H17ClN2. The summed E-state index contributed by atoms with van der Waals surface area (Å²) in [4.78, 5) is 0. The summed E-state index contributed by atoms with van der Waals surface area (Å²) in [6.07, 6.45) is 6.98. The van der Waals surface area contributed by atoms with E-state index in [4.69, 9.17) is 22.7 Å². The molecule has 2 nitrogen and oxygen atoms in total. The van der Waals surface area contributed by atoms with Gasteiger partial charge in [0.1, 0.15) is 0 Å². The fraction of sp³-hybridized carbons (Fsp3) is 0.133. The zero-order valence-corrected chi connectivity index (χ0v) is 11.4. The van der Waals surface area contributed by atoms with E-state index >= 15 is 0 Å². The van der Waals surface area contributed by atoms with Crippen molar-refractivity contribution in [1.82, 2.24) is 0 Å². The first kappa shape index (κ1) is 14.3. The Kier molecular flexibility index (Phi) is 4.93. The zero-order valence-electron chi connectivity index (χ0n) is 10.6. The van der Waals surface area contributed by atoms with E-state index in [0.717, 1.165) is 16.7 Å². The highest BCUT2D eigenvalue weighted by atomic mass is 35.5. The molecule has 0 fully saturated rings. The van der Waals surface area contributed by atoms with Crippen LogP contribution in [-0.4, -0.2) is 6.21 Å². The lowest BCUT2D eigenvalue weighted by molar-refractivity contribution is 1.48. The Morgan fingerprint density at radius 1 is 1.44 bits per heavy atom. The SMILES string of the molecule is C=C(C)/C(=C\C=C/C)c1c(Cl)ccc(C=N)c1N. The number of nitrogens with two attached hydrogens (primary N) is 1. The Labute approximate surface area is 113 Å². The molecule has 18 heavy (non-hydrogen) atoms. The maximum atomic E-state index is 7.33. The summed E-state index contributed by atoms with van der Waals surface area (Å²) < 4.78 is 0. The molecule has 3 heteroatoms. The molecule has 0 aromatic heterocycles. The van der Waals surface area contributed by atoms with E-state index < -0.39 is 0 Å². The van der Waals surface area contributed by atoms with E-state index in [9.17, 15) is 0 Å². The lowest BCUT2D eigenvalue weighted by atomic mass is 9.95. The molecule has 1 rings (SSSR count). The van der Waals surface area contributed by atoms with Gasteiger partial charge in [-0.05, 0) is 31.6 Å². The average molecular weight is 261 g/mol. The van der Waals surface area contributed by atoms with Crippen molar-refractivity contribution in [3.63, 3.8) is 0 Å². The van der Waals surface area contributed by atoms with Crippen molar-refractivity contribution in [1.29, 1.82) is 5.41 Å². The van der Waals surface area contributed by atoms with Crippen LogP contribution in [0.25, 0.3) is 5.57 Å². The lowest BCUT2D eigenvalue weighted by Crippen LogP contribution is -2.00. The van der Waals surface area contributed by atoms with Crippen LogP contribution in [0.1, 0.15) is 25.0 Å². The topological polar surface area (TPSA) is 49.9 Å². The van der Waals surface area contributed by atoms with Gasteiger partial charge in [0.05, 0.1) is 5.02 Å². The fourth-order valence-electron chi connectivity index (χ4n) is 1.64. The highest BCUT2D eigenvalue weighted by molar-refractivity contribution is 6.33. The molecule has 0 amide bonds. The third-order valence-electron chi connectivity index (χ3n) is 2.57. The summed E-state index contributed by atoms with van der Waals surface area (Å²) in [6, 6.07) is 3.49. The van der Waals surface area contributed by atoms with Crippen LogP contribution >= 0.6 is 11.6 Å². The van der Waals surface area contributed by atoms with Gasteiger partial charge in [0.25, 0.3) is 0 Å².